The first-order valence-corrected chi connectivity index (χ1v) is 6.86. The van der Waals surface area contributed by atoms with Crippen LogP contribution in [0.15, 0.2) is 24.3 Å². The number of nitro benzene ring substituents is 1. The predicted molar refractivity (Wildman–Crippen MR) is 75.2 cm³/mol. The van der Waals surface area contributed by atoms with Gasteiger partial charge in [0.2, 0.25) is 5.91 Å². The molecule has 0 atom stereocenters. The summed E-state index contributed by atoms with van der Waals surface area (Å²) >= 11 is 0. The van der Waals surface area contributed by atoms with Gasteiger partial charge in [-0.15, -0.1) is 0 Å². The highest BCUT2D eigenvalue weighted by Crippen LogP contribution is 2.26. The molecule has 1 fully saturated rings. The number of rotatable bonds is 7. The number of benzene rings is 1. The van der Waals surface area contributed by atoms with E-state index < -0.39 is 4.92 Å². The summed E-state index contributed by atoms with van der Waals surface area (Å²) in [5.41, 5.74) is 0.682. The maximum Gasteiger partial charge on any atom is 0.273 e. The van der Waals surface area contributed by atoms with Gasteiger partial charge in [-0.05, 0) is 19.8 Å². The van der Waals surface area contributed by atoms with Crippen molar-refractivity contribution in [1.82, 2.24) is 10.2 Å². The Bertz CT molecular complexity index is 500. The number of nitrogens with zero attached hydrogens (tertiary/aromatic N) is 2. The molecule has 1 aliphatic carbocycles. The molecule has 1 aliphatic rings. The van der Waals surface area contributed by atoms with Crippen molar-refractivity contribution in [1.29, 1.82) is 0 Å². The number of para-hydroxylation sites is 1. The highest BCUT2D eigenvalue weighted by Gasteiger charge is 2.30. The molecule has 1 amide bonds. The second kappa shape index (κ2) is 6.47. The summed E-state index contributed by atoms with van der Waals surface area (Å²) in [6.07, 6.45) is 2.17. The number of carbonyl (C=O) groups excluding carboxylic acids is 1. The molecule has 2 rings (SSSR count). The molecule has 0 spiro atoms. The maximum absolute atomic E-state index is 12.0. The molecule has 0 unspecified atom stereocenters. The monoisotopic (exact) mass is 277 g/mol. The Kier molecular flexibility index (Phi) is 4.68. The van der Waals surface area contributed by atoms with Gasteiger partial charge in [0.05, 0.1) is 11.5 Å². The fourth-order valence-corrected chi connectivity index (χ4v) is 2.27. The lowest BCUT2D eigenvalue weighted by atomic mass is 10.2. The van der Waals surface area contributed by atoms with Crippen molar-refractivity contribution in [2.75, 3.05) is 13.1 Å². The average Bonchev–Trinajstić information content (AvgIpc) is 3.24. The Morgan fingerprint density at radius 2 is 2.15 bits per heavy atom. The van der Waals surface area contributed by atoms with Crippen molar-refractivity contribution in [2.45, 2.75) is 32.4 Å². The van der Waals surface area contributed by atoms with Crippen molar-refractivity contribution < 1.29 is 9.72 Å². The number of hydrogen-bond acceptors (Lipinski definition) is 4. The van der Waals surface area contributed by atoms with Crippen LogP contribution >= 0.6 is 0 Å². The second-order valence-electron chi connectivity index (χ2n) is 4.90. The first-order chi connectivity index (χ1) is 9.63. The van der Waals surface area contributed by atoms with Crippen molar-refractivity contribution in [2.24, 2.45) is 0 Å². The molecule has 0 saturated heterocycles. The molecule has 1 saturated carbocycles. The molecule has 20 heavy (non-hydrogen) atoms. The molecule has 0 aliphatic heterocycles. The third-order valence-electron chi connectivity index (χ3n) is 3.43. The Hall–Kier alpha value is -1.95. The van der Waals surface area contributed by atoms with Crippen LogP contribution in [0.3, 0.4) is 0 Å². The zero-order chi connectivity index (χ0) is 14.5. The van der Waals surface area contributed by atoms with Gasteiger partial charge in [-0.1, -0.05) is 18.2 Å². The van der Waals surface area contributed by atoms with Crippen LogP contribution in [-0.2, 0) is 11.3 Å². The molecule has 1 N–H and O–H groups in total. The minimum Gasteiger partial charge on any atom is -0.339 e. The van der Waals surface area contributed by atoms with Crippen LogP contribution in [0.1, 0.15) is 25.3 Å². The fourth-order valence-electron chi connectivity index (χ4n) is 2.27. The number of carbonyl (C=O) groups is 1. The quantitative estimate of drug-likeness (QED) is 0.608. The minimum absolute atomic E-state index is 0.0635. The molecule has 1 aromatic rings. The Labute approximate surface area is 117 Å². The van der Waals surface area contributed by atoms with Crippen LogP contribution in [0.4, 0.5) is 5.69 Å². The van der Waals surface area contributed by atoms with Gasteiger partial charge in [0.1, 0.15) is 0 Å². The molecular formula is C14H19N3O3. The van der Waals surface area contributed by atoms with E-state index in [2.05, 4.69) is 5.32 Å². The topological polar surface area (TPSA) is 75.5 Å². The Balaban J connectivity index is 1.86. The van der Waals surface area contributed by atoms with Crippen molar-refractivity contribution >= 4 is 11.6 Å². The van der Waals surface area contributed by atoms with Crippen LogP contribution in [-0.4, -0.2) is 34.9 Å². The first kappa shape index (κ1) is 14.5. The molecular weight excluding hydrogens is 258 g/mol. The molecule has 0 radical (unpaired) electrons. The molecule has 1 aromatic carbocycles. The van der Waals surface area contributed by atoms with Crippen molar-refractivity contribution in [3.8, 4) is 0 Å². The van der Waals surface area contributed by atoms with Crippen LogP contribution in [0.2, 0.25) is 0 Å². The summed E-state index contributed by atoms with van der Waals surface area (Å²) in [6.45, 7) is 3.23. The van der Waals surface area contributed by atoms with Gasteiger partial charge in [0.15, 0.2) is 0 Å². The van der Waals surface area contributed by atoms with Crippen LogP contribution in [0, 0.1) is 10.1 Å². The number of nitro groups is 1. The lowest BCUT2D eigenvalue weighted by molar-refractivity contribution is -0.385. The standard InChI is InChI=1S/C14H19N3O3/c1-2-16(12-7-8-12)14(18)10-15-9-11-5-3-4-6-13(11)17(19)20/h3-6,12,15H,2,7-10H2,1H3. The van der Waals surface area contributed by atoms with E-state index >= 15 is 0 Å². The largest absolute Gasteiger partial charge is 0.339 e. The van der Waals surface area contributed by atoms with Gasteiger partial charge < -0.3 is 10.2 Å². The van der Waals surface area contributed by atoms with E-state index in [-0.39, 0.29) is 18.1 Å². The van der Waals surface area contributed by atoms with Gasteiger partial charge in [0, 0.05) is 30.8 Å². The van der Waals surface area contributed by atoms with E-state index in [1.165, 1.54) is 6.07 Å². The number of likely N-dealkylation sites (N-methyl/N-ethyl adjacent to an activating group) is 1. The predicted octanol–water partition coefficient (Wildman–Crippen LogP) is 1.70. The normalized spacial score (nSPS) is 14.1. The van der Waals surface area contributed by atoms with Gasteiger partial charge in [-0.2, -0.15) is 0 Å². The van der Waals surface area contributed by atoms with E-state index in [4.69, 9.17) is 0 Å². The highest BCUT2D eigenvalue weighted by atomic mass is 16.6. The zero-order valence-corrected chi connectivity index (χ0v) is 11.5. The van der Waals surface area contributed by atoms with Crippen LogP contribution in [0.25, 0.3) is 0 Å². The van der Waals surface area contributed by atoms with E-state index in [1.807, 2.05) is 11.8 Å². The summed E-state index contributed by atoms with van der Waals surface area (Å²) in [5.74, 6) is 0.0635. The lowest BCUT2D eigenvalue weighted by Crippen LogP contribution is -2.39. The zero-order valence-electron chi connectivity index (χ0n) is 11.5. The van der Waals surface area contributed by atoms with Gasteiger partial charge in [-0.3, -0.25) is 14.9 Å². The van der Waals surface area contributed by atoms with Crippen LogP contribution < -0.4 is 5.32 Å². The maximum atomic E-state index is 12.0. The summed E-state index contributed by atoms with van der Waals surface area (Å²) in [5, 5.41) is 13.9. The fraction of sp³-hybridized carbons (Fsp3) is 0.500. The molecule has 6 heteroatoms. The Morgan fingerprint density at radius 1 is 1.45 bits per heavy atom. The molecule has 6 nitrogen and oxygen atoms in total. The van der Waals surface area contributed by atoms with E-state index in [0.29, 0.717) is 18.2 Å². The SMILES string of the molecule is CCN(C(=O)CNCc1ccccc1[N+](=O)[O-])C1CC1. The average molecular weight is 277 g/mol. The number of amides is 1. The van der Waals surface area contributed by atoms with Crippen molar-refractivity contribution in [3.63, 3.8) is 0 Å². The summed E-state index contributed by atoms with van der Waals surface area (Å²) in [4.78, 5) is 24.3. The third kappa shape index (κ3) is 3.54. The first-order valence-electron chi connectivity index (χ1n) is 6.86. The number of nitrogens with one attached hydrogen (secondary N) is 1. The second-order valence-corrected chi connectivity index (χ2v) is 4.90. The van der Waals surface area contributed by atoms with Gasteiger partial charge in [0.25, 0.3) is 5.69 Å². The molecule has 0 heterocycles. The third-order valence-corrected chi connectivity index (χ3v) is 3.43. The van der Waals surface area contributed by atoms with E-state index in [9.17, 15) is 14.9 Å². The van der Waals surface area contributed by atoms with Crippen molar-refractivity contribution in [3.05, 3.63) is 39.9 Å². The summed E-state index contributed by atoms with van der Waals surface area (Å²) < 4.78 is 0. The Morgan fingerprint density at radius 3 is 2.75 bits per heavy atom. The lowest BCUT2D eigenvalue weighted by Gasteiger charge is -2.20. The van der Waals surface area contributed by atoms with E-state index in [1.54, 1.807) is 18.2 Å². The summed E-state index contributed by atoms with van der Waals surface area (Å²) in [7, 11) is 0. The smallest absolute Gasteiger partial charge is 0.273 e. The van der Waals surface area contributed by atoms with Gasteiger partial charge in [-0.25, -0.2) is 0 Å². The van der Waals surface area contributed by atoms with Crippen LogP contribution in [0.5, 0.6) is 0 Å². The number of hydrogen-bond donors (Lipinski definition) is 1. The molecule has 108 valence electrons. The minimum atomic E-state index is -0.401. The highest BCUT2D eigenvalue weighted by molar-refractivity contribution is 5.78. The van der Waals surface area contributed by atoms with E-state index in [0.717, 1.165) is 19.4 Å². The molecule has 0 bridgehead atoms. The van der Waals surface area contributed by atoms with Gasteiger partial charge >= 0.3 is 0 Å². The summed E-state index contributed by atoms with van der Waals surface area (Å²) in [6, 6.07) is 6.98. The molecule has 0 aromatic heterocycles.